The molecule has 4 fully saturated rings. The predicted octanol–water partition coefficient (Wildman–Crippen LogP) is 8.70. The van der Waals surface area contributed by atoms with E-state index >= 15 is 0 Å². The Bertz CT molecular complexity index is 1520. The van der Waals surface area contributed by atoms with Crippen LogP contribution in [0.5, 0.6) is 0 Å². The molecular weight excluding hydrogens is 580 g/mol. The van der Waals surface area contributed by atoms with E-state index in [1.54, 1.807) is 0 Å². The summed E-state index contributed by atoms with van der Waals surface area (Å²) in [6.07, 6.45) is 12.4. The molecule has 1 aromatic carbocycles. The highest BCUT2D eigenvalue weighted by Crippen LogP contribution is 2.76. The number of halogens is 1. The van der Waals surface area contributed by atoms with Gasteiger partial charge in [0.2, 0.25) is 5.96 Å². The van der Waals surface area contributed by atoms with Gasteiger partial charge in [0.05, 0.1) is 11.1 Å². The van der Waals surface area contributed by atoms with Crippen molar-refractivity contribution in [1.82, 2.24) is 0 Å². The van der Waals surface area contributed by atoms with Crippen molar-refractivity contribution in [2.75, 3.05) is 0 Å². The zero-order chi connectivity index (χ0) is 32.7. The summed E-state index contributed by atoms with van der Waals surface area (Å²) in [6, 6.07) is 7.97. The molecule has 0 heterocycles. The fourth-order valence-corrected chi connectivity index (χ4v) is 12.1. The highest BCUT2D eigenvalue weighted by Gasteiger charge is 2.69. The minimum absolute atomic E-state index is 0.00422. The third-order valence-corrected chi connectivity index (χ3v) is 14.7. The molecule has 9 atom stereocenters. The van der Waals surface area contributed by atoms with Crippen LogP contribution in [0.4, 0.5) is 0 Å². The molecular formula is C38H53ClN4O2. The Morgan fingerprint density at radius 2 is 1.76 bits per heavy atom. The highest BCUT2D eigenvalue weighted by atomic mass is 35.5. The molecule has 0 unspecified atom stereocenters. The van der Waals surface area contributed by atoms with Crippen LogP contribution in [-0.4, -0.2) is 22.7 Å². The largest absolute Gasteiger partial charge is 0.481 e. The van der Waals surface area contributed by atoms with Crippen LogP contribution in [0.15, 0.2) is 51.7 Å². The zero-order valence-corrected chi connectivity index (χ0v) is 29.0. The van der Waals surface area contributed by atoms with E-state index in [9.17, 15) is 9.90 Å². The Morgan fingerprint density at radius 3 is 2.42 bits per heavy atom. The van der Waals surface area contributed by atoms with E-state index < -0.39 is 11.4 Å². The number of rotatable bonds is 3. The van der Waals surface area contributed by atoms with Gasteiger partial charge in [0, 0.05) is 10.4 Å². The maximum Gasteiger partial charge on any atom is 0.310 e. The minimum atomic E-state index is -0.627. The molecule has 0 aromatic heterocycles. The third-order valence-electron chi connectivity index (χ3n) is 14.5. The van der Waals surface area contributed by atoms with Crippen LogP contribution in [0.2, 0.25) is 5.02 Å². The SMILES string of the molecule is C[C@H]1[C@H](C)CC[C@]2(C(=O)O)CC[C@]3(C)C(=CC[C@@H]4[C@@]5(C)CC(=C\c6cccc(Cl)c6)/C(=N\N=C(N)N)C(C)(C)[C@@H]5CC[C@]43C)[C@H]12. The van der Waals surface area contributed by atoms with Crippen molar-refractivity contribution in [2.45, 2.75) is 99.8 Å². The number of hydrogen-bond acceptors (Lipinski definition) is 3. The fraction of sp³-hybridized carbons (Fsp3) is 0.658. The Labute approximate surface area is 274 Å². The molecule has 45 heavy (non-hydrogen) atoms. The fourth-order valence-electron chi connectivity index (χ4n) is 11.9. The Morgan fingerprint density at radius 1 is 1.02 bits per heavy atom. The molecule has 0 aliphatic heterocycles. The summed E-state index contributed by atoms with van der Waals surface area (Å²) in [5.74, 6) is 1.23. The average molecular weight is 633 g/mol. The second kappa shape index (κ2) is 10.7. The van der Waals surface area contributed by atoms with Crippen molar-refractivity contribution in [3.8, 4) is 0 Å². The molecule has 6 rings (SSSR count). The number of hydrogen-bond donors (Lipinski definition) is 3. The summed E-state index contributed by atoms with van der Waals surface area (Å²) >= 11 is 6.42. The molecule has 0 bridgehead atoms. The lowest BCUT2D eigenvalue weighted by molar-refractivity contribution is -0.179. The first-order valence-corrected chi connectivity index (χ1v) is 17.5. The molecule has 0 saturated heterocycles. The van der Waals surface area contributed by atoms with E-state index in [0.717, 1.165) is 62.6 Å². The molecule has 7 heteroatoms. The number of nitrogens with two attached hydrogens (primary N) is 2. The second-order valence-corrected chi connectivity index (χ2v) is 17.1. The van der Waals surface area contributed by atoms with Gasteiger partial charge in [-0.3, -0.25) is 4.79 Å². The average Bonchev–Trinajstić information content (AvgIpc) is 2.94. The van der Waals surface area contributed by atoms with Gasteiger partial charge in [0.15, 0.2) is 0 Å². The standard InChI is InChI=1S/C38H53ClN4O2/c1-22-13-16-38(32(44)45)18-17-36(6)27(30(38)23(22)2)11-12-29-35(5)21-25(19-24-9-8-10-26(39)20-24)31(42-43-33(40)41)34(3,4)28(35)14-15-37(29,36)7/h8-11,19-20,22-23,28-30H,12-18,21H2,1-7H3,(H,44,45)(H4,40,41,43)/b25-19+,42-31+/t22-,23+,28+,29-,30+,35+,36-,37-,38+/m1/s1. The van der Waals surface area contributed by atoms with Crippen LogP contribution in [0.3, 0.4) is 0 Å². The van der Waals surface area contributed by atoms with E-state index in [2.05, 4.69) is 71.8 Å². The third kappa shape index (κ3) is 4.58. The summed E-state index contributed by atoms with van der Waals surface area (Å²) in [4.78, 5) is 13.1. The van der Waals surface area contributed by atoms with E-state index in [1.807, 2.05) is 18.2 Å². The van der Waals surface area contributed by atoms with Gasteiger partial charge in [0.1, 0.15) is 0 Å². The number of aliphatic carboxylic acids is 1. The maximum absolute atomic E-state index is 13.1. The van der Waals surface area contributed by atoms with Crippen molar-refractivity contribution in [3.63, 3.8) is 0 Å². The van der Waals surface area contributed by atoms with Crippen molar-refractivity contribution < 1.29 is 9.90 Å². The summed E-state index contributed by atoms with van der Waals surface area (Å²) < 4.78 is 0. The highest BCUT2D eigenvalue weighted by molar-refractivity contribution is 6.30. The molecule has 6 nitrogen and oxygen atoms in total. The van der Waals surface area contributed by atoms with Gasteiger partial charge in [-0.05, 0) is 127 Å². The van der Waals surface area contributed by atoms with Gasteiger partial charge in [-0.15, -0.1) is 5.10 Å². The number of benzene rings is 1. The topological polar surface area (TPSA) is 114 Å². The molecule has 4 saturated carbocycles. The van der Waals surface area contributed by atoms with Crippen molar-refractivity contribution in [3.05, 3.63) is 52.1 Å². The van der Waals surface area contributed by atoms with E-state index in [-0.39, 0.29) is 33.5 Å². The van der Waals surface area contributed by atoms with Crippen LogP contribution in [0.25, 0.3) is 6.08 Å². The van der Waals surface area contributed by atoms with Crippen LogP contribution in [-0.2, 0) is 4.79 Å². The molecule has 5 aliphatic rings. The number of carboxylic acid groups (broad SMARTS) is 1. The first kappa shape index (κ1) is 32.3. The van der Waals surface area contributed by atoms with Crippen molar-refractivity contribution in [2.24, 2.45) is 78.3 Å². The predicted molar refractivity (Wildman–Crippen MR) is 185 cm³/mol. The van der Waals surface area contributed by atoms with Crippen LogP contribution in [0, 0.1) is 56.7 Å². The number of allylic oxidation sites excluding steroid dienone is 3. The Hall–Kier alpha value is -2.60. The molecule has 1 aromatic rings. The number of carboxylic acids is 1. The Balaban J connectivity index is 1.48. The normalized spacial score (nSPS) is 43.7. The monoisotopic (exact) mass is 632 g/mol. The summed E-state index contributed by atoms with van der Waals surface area (Å²) in [7, 11) is 0. The Kier molecular flexibility index (Phi) is 7.70. The molecule has 0 spiro atoms. The quantitative estimate of drug-likeness (QED) is 0.134. The van der Waals surface area contributed by atoms with Crippen molar-refractivity contribution in [1.29, 1.82) is 0 Å². The summed E-state index contributed by atoms with van der Waals surface area (Å²) in [5, 5.41) is 20.4. The zero-order valence-electron chi connectivity index (χ0n) is 28.3. The van der Waals surface area contributed by atoms with Gasteiger partial charge in [-0.1, -0.05) is 83.8 Å². The number of fused-ring (bicyclic) bond motifs is 7. The lowest BCUT2D eigenvalue weighted by Crippen LogP contribution is -2.65. The lowest BCUT2D eigenvalue weighted by Gasteiger charge is -2.71. The first-order valence-electron chi connectivity index (χ1n) is 17.1. The maximum atomic E-state index is 13.1. The number of guanidine groups is 1. The molecule has 5 aliphatic carbocycles. The van der Waals surface area contributed by atoms with Gasteiger partial charge in [-0.25, -0.2) is 0 Å². The van der Waals surface area contributed by atoms with Crippen LogP contribution < -0.4 is 11.5 Å². The summed E-state index contributed by atoms with van der Waals surface area (Å²) in [6.45, 7) is 16.9. The van der Waals surface area contributed by atoms with Crippen molar-refractivity contribution >= 4 is 35.3 Å². The number of nitrogens with zero attached hydrogens (tertiary/aromatic N) is 2. The van der Waals surface area contributed by atoms with Gasteiger partial charge in [-0.2, -0.15) is 5.10 Å². The first-order chi connectivity index (χ1) is 21.0. The van der Waals surface area contributed by atoms with Gasteiger partial charge in [0.25, 0.3) is 0 Å². The minimum Gasteiger partial charge on any atom is -0.481 e. The lowest BCUT2D eigenvalue weighted by atomic mass is 9.33. The van der Waals surface area contributed by atoms with E-state index in [1.165, 1.54) is 11.1 Å². The number of carbonyl (C=O) groups is 1. The van der Waals surface area contributed by atoms with Gasteiger partial charge < -0.3 is 16.6 Å². The molecule has 244 valence electrons. The molecule has 0 radical (unpaired) electrons. The second-order valence-electron chi connectivity index (χ2n) is 16.7. The summed E-state index contributed by atoms with van der Waals surface area (Å²) in [5.41, 5.74) is 15.3. The van der Waals surface area contributed by atoms with Crippen LogP contribution in [0.1, 0.15) is 105 Å². The smallest absolute Gasteiger partial charge is 0.310 e. The van der Waals surface area contributed by atoms with E-state index in [0.29, 0.717) is 28.7 Å². The van der Waals surface area contributed by atoms with E-state index in [4.69, 9.17) is 28.2 Å². The molecule has 5 N–H and O–H groups in total. The van der Waals surface area contributed by atoms with Gasteiger partial charge >= 0.3 is 5.97 Å². The molecule has 0 amide bonds. The van der Waals surface area contributed by atoms with Crippen LogP contribution >= 0.6 is 11.6 Å².